The first-order valence-electron chi connectivity index (χ1n) is 15.9. The highest BCUT2D eigenvalue weighted by atomic mass is 32.1. The van der Waals surface area contributed by atoms with Gasteiger partial charge in [0.1, 0.15) is 4.92 Å². The molecule has 0 spiro atoms. The Balaban J connectivity index is 0.000000205. The number of carboxylic acid groups (broad SMARTS) is 1. The summed E-state index contributed by atoms with van der Waals surface area (Å²) in [5.74, 6) is 0.104. The first-order valence-corrected chi connectivity index (χ1v) is 16.8. The quantitative estimate of drug-likeness (QED) is 0.0860. The number of quaternary nitrogens is 1. The third-order valence-electron chi connectivity index (χ3n) is 8.47. The normalized spacial score (nSPS) is 13.7. The second-order valence-electron chi connectivity index (χ2n) is 11.9. The average molecular weight is 632 g/mol. The van der Waals surface area contributed by atoms with E-state index in [1.165, 1.54) is 53.5 Å². The van der Waals surface area contributed by atoms with E-state index in [4.69, 9.17) is 5.11 Å². The second-order valence-corrected chi connectivity index (χ2v) is 12.9. The molecule has 5 rings (SSSR count). The van der Waals surface area contributed by atoms with E-state index in [1.54, 1.807) is 24.4 Å². The molecule has 1 atom stereocenters. The number of aryl methyl sites for hydroxylation is 1. The molecule has 0 aliphatic heterocycles. The smallest absolute Gasteiger partial charge is 0.335 e. The van der Waals surface area contributed by atoms with Crippen molar-refractivity contribution in [3.63, 3.8) is 0 Å². The number of rotatable bonds is 13. The fourth-order valence-corrected chi connectivity index (χ4v) is 5.91. The summed E-state index contributed by atoms with van der Waals surface area (Å²) in [6.07, 6.45) is 6.75. The standard InChI is InChI=1S/C21H29N.C15H17N3O4S/c1-4-16-22(17-15-18(3)5-2)21-13-11-20(12-14-21)19-9-7-6-8-10-19;1-9-16-14(8-23-9)18(21,22)17-13-6-5-11(15(19)20)7-12(13)10-3-2-4-10/h6-14,18H,4-5,15-17H2,1-3H3;5-8,10,17,21-22H,2-4H2,1H3/p+1. The van der Waals surface area contributed by atoms with E-state index in [0.717, 1.165) is 43.8 Å². The number of thiazole rings is 1. The van der Waals surface area contributed by atoms with Gasteiger partial charge in [0, 0.05) is 18.8 Å². The van der Waals surface area contributed by atoms with Crippen LogP contribution in [0.5, 0.6) is 0 Å². The van der Waals surface area contributed by atoms with E-state index in [9.17, 15) is 15.2 Å². The zero-order valence-corrected chi connectivity index (χ0v) is 27.6. The summed E-state index contributed by atoms with van der Waals surface area (Å²) in [5, 5.41) is 31.9. The zero-order valence-electron chi connectivity index (χ0n) is 26.8. The number of hydrogen-bond acceptors (Lipinski definition) is 7. The van der Waals surface area contributed by atoms with Crippen LogP contribution in [-0.2, 0) is 0 Å². The highest BCUT2D eigenvalue weighted by Gasteiger charge is 2.33. The van der Waals surface area contributed by atoms with Crippen LogP contribution in [0.2, 0.25) is 0 Å². The van der Waals surface area contributed by atoms with Crippen molar-refractivity contribution >= 4 is 34.5 Å². The minimum absolute atomic E-state index is 0.0642. The molecule has 3 aromatic carbocycles. The van der Waals surface area contributed by atoms with Crippen molar-refractivity contribution in [1.29, 1.82) is 0 Å². The van der Waals surface area contributed by atoms with Gasteiger partial charge in [-0.2, -0.15) is 10.4 Å². The fourth-order valence-electron chi connectivity index (χ4n) is 5.29. The molecule has 0 bridgehead atoms. The summed E-state index contributed by atoms with van der Waals surface area (Å²) in [6, 6.07) is 24.2. The molecular weight excluding hydrogens is 584 g/mol. The average Bonchev–Trinajstić information content (AvgIpc) is 3.47. The van der Waals surface area contributed by atoms with Crippen molar-refractivity contribution < 1.29 is 20.3 Å². The van der Waals surface area contributed by atoms with Crippen LogP contribution in [0.25, 0.3) is 11.1 Å². The maximum Gasteiger partial charge on any atom is 0.335 e. The number of carbonyl (C=O) groups is 1. The summed E-state index contributed by atoms with van der Waals surface area (Å²) in [5.41, 5.74) is 8.04. The third kappa shape index (κ3) is 9.37. The van der Waals surface area contributed by atoms with Gasteiger partial charge in [0.15, 0.2) is 0 Å². The number of anilines is 2. The van der Waals surface area contributed by atoms with Gasteiger partial charge >= 0.3 is 11.8 Å². The van der Waals surface area contributed by atoms with Gasteiger partial charge in [-0.25, -0.2) is 4.79 Å². The molecule has 240 valence electrons. The molecular formula is C36H47N4O4S+. The Morgan fingerprint density at radius 1 is 1.02 bits per heavy atom. The molecule has 4 aromatic rings. The van der Waals surface area contributed by atoms with Crippen molar-refractivity contribution in [3.8, 4) is 11.1 Å². The lowest BCUT2D eigenvalue weighted by molar-refractivity contribution is -0.274. The molecule has 0 saturated heterocycles. The number of aromatic nitrogens is 1. The van der Waals surface area contributed by atoms with Crippen LogP contribution >= 0.6 is 11.3 Å². The van der Waals surface area contributed by atoms with E-state index in [1.807, 2.05) is 0 Å². The number of aromatic carboxylic acids is 1. The zero-order chi connectivity index (χ0) is 32.4. The Morgan fingerprint density at radius 2 is 1.71 bits per heavy atom. The first kappa shape index (κ1) is 34.1. The molecule has 0 amide bonds. The summed E-state index contributed by atoms with van der Waals surface area (Å²) < 4.78 is 0. The lowest BCUT2D eigenvalue weighted by Crippen LogP contribution is -2.48. The van der Waals surface area contributed by atoms with Crippen molar-refractivity contribution in [2.24, 2.45) is 5.92 Å². The van der Waals surface area contributed by atoms with Crippen LogP contribution < -0.4 is 15.2 Å². The Morgan fingerprint density at radius 3 is 2.27 bits per heavy atom. The van der Waals surface area contributed by atoms with Crippen molar-refractivity contribution in [1.82, 2.24) is 9.90 Å². The molecule has 1 fully saturated rings. The van der Waals surface area contributed by atoms with Gasteiger partial charge in [0.05, 0.1) is 21.6 Å². The maximum absolute atomic E-state index is 11.2. The maximum atomic E-state index is 11.2. The van der Waals surface area contributed by atoms with Crippen LogP contribution in [-0.4, -0.2) is 39.6 Å². The molecule has 45 heavy (non-hydrogen) atoms. The topological polar surface area (TPSA) is 106 Å². The number of hydrogen-bond donors (Lipinski definition) is 4. The highest BCUT2D eigenvalue weighted by molar-refractivity contribution is 7.09. The van der Waals surface area contributed by atoms with Crippen LogP contribution in [0.3, 0.4) is 0 Å². The Labute approximate surface area is 271 Å². The van der Waals surface area contributed by atoms with Gasteiger partial charge in [-0.3, -0.25) is 0 Å². The lowest BCUT2D eigenvalue weighted by atomic mass is 9.79. The van der Waals surface area contributed by atoms with Crippen LogP contribution in [0.15, 0.2) is 78.2 Å². The second kappa shape index (κ2) is 16.0. The summed E-state index contributed by atoms with van der Waals surface area (Å²) in [6.45, 7) is 11.0. The van der Waals surface area contributed by atoms with Gasteiger partial charge in [0.2, 0.25) is 0 Å². The fraction of sp³-hybridized carbons (Fsp3) is 0.389. The number of benzene rings is 3. The van der Waals surface area contributed by atoms with Crippen molar-refractivity contribution in [3.05, 3.63) is 94.3 Å². The molecule has 9 heteroatoms. The molecule has 1 aliphatic carbocycles. The van der Waals surface area contributed by atoms with Gasteiger partial charge in [-0.1, -0.05) is 76.1 Å². The van der Waals surface area contributed by atoms with Crippen molar-refractivity contribution in [2.75, 3.05) is 23.4 Å². The molecule has 4 N–H and O–H groups in total. The van der Waals surface area contributed by atoms with E-state index in [-0.39, 0.29) is 17.3 Å². The molecule has 1 heterocycles. The van der Waals surface area contributed by atoms with E-state index in [0.29, 0.717) is 10.7 Å². The number of nitrogens with one attached hydrogen (secondary N) is 1. The predicted molar refractivity (Wildman–Crippen MR) is 184 cm³/mol. The minimum atomic E-state index is -1.57. The number of nitrogens with zero attached hydrogens (tertiary/aromatic N) is 3. The van der Waals surface area contributed by atoms with Crippen LogP contribution in [0.1, 0.15) is 86.1 Å². The Hall–Kier alpha value is -3.76. The molecule has 0 radical (unpaired) electrons. The molecule has 1 unspecified atom stereocenters. The lowest BCUT2D eigenvalue weighted by Gasteiger charge is -2.29. The molecule has 1 aromatic heterocycles. The predicted octanol–water partition coefficient (Wildman–Crippen LogP) is 9.54. The Bertz CT molecular complexity index is 1500. The third-order valence-corrected chi connectivity index (χ3v) is 9.23. The Kier molecular flexibility index (Phi) is 12.1. The number of carboxylic acids is 1. The monoisotopic (exact) mass is 631 g/mol. The molecule has 8 nitrogen and oxygen atoms in total. The molecule has 1 saturated carbocycles. The largest absolute Gasteiger partial charge is 0.478 e. The van der Waals surface area contributed by atoms with Gasteiger partial charge < -0.3 is 10.0 Å². The summed E-state index contributed by atoms with van der Waals surface area (Å²) in [7, 11) is 0. The van der Waals surface area contributed by atoms with Crippen molar-refractivity contribution in [2.45, 2.75) is 72.1 Å². The van der Waals surface area contributed by atoms with E-state index in [2.05, 4.69) is 90.7 Å². The highest BCUT2D eigenvalue weighted by Crippen LogP contribution is 2.41. The van der Waals surface area contributed by atoms with E-state index >= 15 is 0 Å². The van der Waals surface area contributed by atoms with Gasteiger partial charge in [-0.15, -0.1) is 21.8 Å². The van der Waals surface area contributed by atoms with Gasteiger partial charge in [0.25, 0.3) is 0 Å². The van der Waals surface area contributed by atoms with E-state index < -0.39 is 10.9 Å². The first-order chi connectivity index (χ1) is 21.6. The van der Waals surface area contributed by atoms with Crippen LogP contribution in [0, 0.1) is 12.8 Å². The minimum Gasteiger partial charge on any atom is -0.478 e. The SMILES string of the molecule is CCCN(CCC(C)CC)c1ccc(-c2ccccc2)cc1.Cc1nc([N+](O)(O)Nc2ccc(C(=O)O)cc2C2CCC2)cs1. The summed E-state index contributed by atoms with van der Waals surface area (Å²) >= 11 is 1.31. The summed E-state index contributed by atoms with van der Waals surface area (Å²) in [4.78, 5) is 16.2. The van der Waals surface area contributed by atoms with Gasteiger partial charge in [-0.05, 0) is 91.5 Å². The molecule has 1 aliphatic rings. The van der Waals surface area contributed by atoms with Crippen LogP contribution in [0.4, 0.5) is 17.2 Å².